The molecule has 9 heteroatoms. The lowest BCUT2D eigenvalue weighted by atomic mass is 10.0. The van der Waals surface area contributed by atoms with Crippen molar-refractivity contribution in [1.82, 2.24) is 5.32 Å². The molecule has 0 fully saturated rings. The van der Waals surface area contributed by atoms with Crippen LogP contribution in [0.25, 0.3) is 0 Å². The van der Waals surface area contributed by atoms with Gasteiger partial charge in [0.1, 0.15) is 13.2 Å². The highest BCUT2D eigenvalue weighted by Gasteiger charge is 2.27. The highest BCUT2D eigenvalue weighted by Crippen LogP contribution is 2.43. The predicted octanol–water partition coefficient (Wildman–Crippen LogP) is 14.1. The highest BCUT2D eigenvalue weighted by atomic mass is 31.2. The van der Waals surface area contributed by atoms with Gasteiger partial charge in [-0.25, -0.2) is 4.57 Å². The Kier molecular flexibility index (Phi) is 40.6. The van der Waals surface area contributed by atoms with E-state index in [1.165, 1.54) is 173 Å². The summed E-state index contributed by atoms with van der Waals surface area (Å²) in [5, 5.41) is 13.9. The van der Waals surface area contributed by atoms with E-state index < -0.39 is 20.0 Å². The van der Waals surface area contributed by atoms with E-state index in [1.54, 1.807) is 6.08 Å². The molecule has 58 heavy (non-hydrogen) atoms. The minimum atomic E-state index is -4.34. The molecular formula is C49H98N2O6P+. The van der Waals surface area contributed by atoms with Gasteiger partial charge in [0.05, 0.1) is 39.9 Å². The van der Waals surface area contributed by atoms with Gasteiger partial charge in [-0.15, -0.1) is 0 Å². The lowest BCUT2D eigenvalue weighted by molar-refractivity contribution is -0.870. The summed E-state index contributed by atoms with van der Waals surface area (Å²) in [5.74, 6) is -0.178. The Labute approximate surface area is 360 Å². The highest BCUT2D eigenvalue weighted by molar-refractivity contribution is 7.47. The first-order valence-electron chi connectivity index (χ1n) is 24.7. The molecule has 3 unspecified atom stereocenters. The van der Waals surface area contributed by atoms with E-state index in [2.05, 4.69) is 31.3 Å². The summed E-state index contributed by atoms with van der Waals surface area (Å²) in [6.07, 6.45) is 49.6. The van der Waals surface area contributed by atoms with E-state index in [1.807, 2.05) is 27.2 Å². The van der Waals surface area contributed by atoms with Crippen molar-refractivity contribution in [3.8, 4) is 0 Å². The van der Waals surface area contributed by atoms with Gasteiger partial charge in [-0.3, -0.25) is 13.8 Å². The van der Waals surface area contributed by atoms with Crippen LogP contribution in [0.1, 0.15) is 232 Å². The van der Waals surface area contributed by atoms with Crippen molar-refractivity contribution in [3.63, 3.8) is 0 Å². The number of likely N-dealkylation sites (N-methyl/N-ethyl adjacent to an activating group) is 1. The van der Waals surface area contributed by atoms with Crippen LogP contribution < -0.4 is 5.32 Å². The minimum Gasteiger partial charge on any atom is -0.387 e. The van der Waals surface area contributed by atoms with E-state index in [4.69, 9.17) is 9.05 Å². The van der Waals surface area contributed by atoms with E-state index >= 15 is 0 Å². The number of unbranched alkanes of at least 4 members (excludes halogenated alkanes) is 30. The molecule has 8 nitrogen and oxygen atoms in total. The van der Waals surface area contributed by atoms with Crippen LogP contribution in [0, 0.1) is 0 Å². The summed E-state index contributed by atoms with van der Waals surface area (Å²) in [6.45, 7) is 4.83. The van der Waals surface area contributed by atoms with Crippen LogP contribution in [-0.4, -0.2) is 73.4 Å². The summed E-state index contributed by atoms with van der Waals surface area (Å²) in [4.78, 5) is 23.2. The van der Waals surface area contributed by atoms with Gasteiger partial charge in [-0.05, 0) is 44.9 Å². The average Bonchev–Trinajstić information content (AvgIpc) is 3.17. The topological polar surface area (TPSA) is 105 Å². The maximum atomic E-state index is 12.9. The molecule has 0 saturated heterocycles. The molecule has 0 aromatic rings. The molecule has 0 aromatic carbocycles. The number of amides is 1. The fourth-order valence-electron chi connectivity index (χ4n) is 7.21. The zero-order chi connectivity index (χ0) is 42.8. The summed E-state index contributed by atoms with van der Waals surface area (Å²) in [7, 11) is 1.58. The third-order valence-corrected chi connectivity index (χ3v) is 12.1. The summed E-state index contributed by atoms with van der Waals surface area (Å²) < 4.78 is 23.6. The van der Waals surface area contributed by atoms with Gasteiger partial charge in [0, 0.05) is 6.42 Å². The Morgan fingerprint density at radius 2 is 0.931 bits per heavy atom. The number of allylic oxidation sites excluding steroid dienone is 3. The molecular weight excluding hydrogens is 744 g/mol. The van der Waals surface area contributed by atoms with Crippen molar-refractivity contribution in [2.24, 2.45) is 0 Å². The van der Waals surface area contributed by atoms with Gasteiger partial charge in [-0.1, -0.05) is 205 Å². The summed E-state index contributed by atoms with van der Waals surface area (Å²) >= 11 is 0. The van der Waals surface area contributed by atoms with Crippen molar-refractivity contribution in [2.75, 3.05) is 40.9 Å². The van der Waals surface area contributed by atoms with Crippen molar-refractivity contribution in [1.29, 1.82) is 0 Å². The van der Waals surface area contributed by atoms with E-state index in [9.17, 15) is 19.4 Å². The predicted molar refractivity (Wildman–Crippen MR) is 249 cm³/mol. The van der Waals surface area contributed by atoms with Crippen molar-refractivity contribution < 1.29 is 32.9 Å². The quantitative estimate of drug-likeness (QED) is 0.0244. The second-order valence-electron chi connectivity index (χ2n) is 18.2. The Bertz CT molecular complexity index is 1000. The van der Waals surface area contributed by atoms with Gasteiger partial charge in [0.2, 0.25) is 5.91 Å². The Hall–Kier alpha value is -1.02. The molecule has 3 N–H and O–H groups in total. The summed E-state index contributed by atoms with van der Waals surface area (Å²) in [5.41, 5.74) is 0. The van der Waals surface area contributed by atoms with Crippen LogP contribution >= 0.6 is 7.82 Å². The van der Waals surface area contributed by atoms with Crippen molar-refractivity contribution >= 4 is 13.7 Å². The van der Waals surface area contributed by atoms with E-state index in [-0.39, 0.29) is 19.1 Å². The first-order chi connectivity index (χ1) is 28.0. The fourth-order valence-corrected chi connectivity index (χ4v) is 7.95. The van der Waals surface area contributed by atoms with Crippen LogP contribution in [0.2, 0.25) is 0 Å². The molecule has 3 atom stereocenters. The SMILES string of the molecule is CCCCCCCCCC/C=C\CCCCCCCCCCCC(=O)NC(COP(=O)(O)OCC[N+](C)(C)C)C(O)/C=C/CCCCCCCCCCCCCCC. The molecule has 0 aliphatic rings. The van der Waals surface area contributed by atoms with Gasteiger partial charge in [0.15, 0.2) is 0 Å². The monoisotopic (exact) mass is 842 g/mol. The molecule has 344 valence electrons. The fraction of sp³-hybridized carbons (Fsp3) is 0.898. The van der Waals surface area contributed by atoms with Gasteiger partial charge < -0.3 is 19.8 Å². The lowest BCUT2D eigenvalue weighted by Gasteiger charge is -2.25. The first kappa shape index (κ1) is 57.0. The average molecular weight is 842 g/mol. The number of quaternary nitrogens is 1. The van der Waals surface area contributed by atoms with Crippen LogP contribution in [-0.2, 0) is 18.4 Å². The number of rotatable bonds is 45. The van der Waals surface area contributed by atoms with E-state index in [0.717, 1.165) is 38.5 Å². The maximum absolute atomic E-state index is 12.9. The second kappa shape index (κ2) is 41.3. The smallest absolute Gasteiger partial charge is 0.387 e. The molecule has 0 spiro atoms. The van der Waals surface area contributed by atoms with Crippen LogP contribution in [0.3, 0.4) is 0 Å². The number of hydrogen-bond acceptors (Lipinski definition) is 5. The maximum Gasteiger partial charge on any atom is 0.472 e. The van der Waals surface area contributed by atoms with Gasteiger partial charge >= 0.3 is 7.82 Å². The second-order valence-corrected chi connectivity index (χ2v) is 19.6. The number of phosphoric acid groups is 1. The number of carbonyl (C=O) groups is 1. The van der Waals surface area contributed by atoms with E-state index in [0.29, 0.717) is 17.4 Å². The Morgan fingerprint density at radius 1 is 0.569 bits per heavy atom. The molecule has 0 saturated carbocycles. The standard InChI is InChI=1S/C49H97N2O6P/c1-6-8-10-12-14-16-18-20-22-23-24-25-26-27-29-31-33-35-37-39-41-43-49(53)50-47(46-57-58(54,55)56-45-44-51(3,4)5)48(52)42-40-38-36-34-32-30-28-21-19-17-15-13-11-9-7-2/h23-24,40,42,47-48,52H,6-22,25-39,41,43-46H2,1-5H3,(H-,50,53,54,55)/p+1/b24-23-,42-40+. The first-order valence-corrected chi connectivity index (χ1v) is 26.2. The molecule has 0 aromatic heterocycles. The number of phosphoric ester groups is 1. The summed E-state index contributed by atoms with van der Waals surface area (Å²) in [6, 6.07) is -0.844. The third kappa shape index (κ3) is 43.1. The number of carbonyl (C=O) groups excluding carboxylic acids is 1. The molecule has 1 amide bonds. The van der Waals surface area contributed by atoms with Crippen LogP contribution in [0.4, 0.5) is 0 Å². The largest absolute Gasteiger partial charge is 0.472 e. The zero-order valence-corrected chi connectivity index (χ0v) is 39.9. The molecule has 0 bridgehead atoms. The number of aliphatic hydroxyl groups excluding tert-OH is 1. The molecule has 0 radical (unpaired) electrons. The lowest BCUT2D eigenvalue weighted by Crippen LogP contribution is -2.45. The number of aliphatic hydroxyl groups is 1. The van der Waals surface area contributed by atoms with Crippen molar-refractivity contribution in [2.45, 2.75) is 244 Å². The number of nitrogens with zero attached hydrogens (tertiary/aromatic N) is 1. The Morgan fingerprint density at radius 3 is 1.33 bits per heavy atom. The number of hydrogen-bond donors (Lipinski definition) is 3. The van der Waals surface area contributed by atoms with Gasteiger partial charge in [0.25, 0.3) is 0 Å². The Balaban J connectivity index is 4.31. The molecule has 0 heterocycles. The van der Waals surface area contributed by atoms with Crippen molar-refractivity contribution in [3.05, 3.63) is 24.3 Å². The van der Waals surface area contributed by atoms with Gasteiger partial charge in [-0.2, -0.15) is 0 Å². The van der Waals surface area contributed by atoms with Crippen LogP contribution in [0.5, 0.6) is 0 Å². The molecule has 0 aliphatic carbocycles. The number of nitrogens with one attached hydrogen (secondary N) is 1. The zero-order valence-electron chi connectivity index (χ0n) is 39.0. The normalized spacial score (nSPS) is 14.4. The third-order valence-electron chi connectivity index (χ3n) is 11.2. The van der Waals surface area contributed by atoms with Crippen LogP contribution in [0.15, 0.2) is 24.3 Å². The molecule has 0 rings (SSSR count). The minimum absolute atomic E-state index is 0.0625. The molecule has 0 aliphatic heterocycles.